The van der Waals surface area contributed by atoms with Gasteiger partial charge in [-0.1, -0.05) is 12.1 Å². The second-order valence-electron chi connectivity index (χ2n) is 9.25. The molecule has 1 saturated heterocycles. The van der Waals surface area contributed by atoms with Crippen LogP contribution in [0.15, 0.2) is 42.5 Å². The summed E-state index contributed by atoms with van der Waals surface area (Å²) in [6, 6.07) is 3.42. The number of carbonyl (C=O) groups excluding carboxylic acids is 1. The highest BCUT2D eigenvalue weighted by atomic mass is 19.4. The van der Waals surface area contributed by atoms with Crippen molar-refractivity contribution < 1.29 is 49.0 Å². The SMILES string of the molecule is CCOC(=O)C[C@@H]1CCN(C(C)c2cc(C(F)(F)F)ccc2C(F)(F)F)[C@H](c2ccc(C(F)(F)F)cc2)C1. The zero-order valence-corrected chi connectivity index (χ0v) is 20.5. The third-order valence-corrected chi connectivity index (χ3v) is 6.77. The molecule has 2 aromatic rings. The van der Waals surface area contributed by atoms with Crippen molar-refractivity contribution in [1.29, 1.82) is 0 Å². The number of esters is 1. The van der Waals surface area contributed by atoms with E-state index in [1.807, 2.05) is 0 Å². The summed E-state index contributed by atoms with van der Waals surface area (Å²) in [6.07, 6.45) is -13.9. The number of carbonyl (C=O) groups is 1. The number of hydrogen-bond donors (Lipinski definition) is 0. The maximum Gasteiger partial charge on any atom is 0.416 e. The van der Waals surface area contributed by atoms with Gasteiger partial charge < -0.3 is 4.74 Å². The Morgan fingerprint density at radius 1 is 0.921 bits per heavy atom. The van der Waals surface area contributed by atoms with Gasteiger partial charge in [-0.3, -0.25) is 9.69 Å². The summed E-state index contributed by atoms with van der Waals surface area (Å²) < 4.78 is 126. The van der Waals surface area contributed by atoms with E-state index in [4.69, 9.17) is 4.74 Å². The van der Waals surface area contributed by atoms with Crippen molar-refractivity contribution in [3.05, 3.63) is 70.3 Å². The number of halogens is 9. The van der Waals surface area contributed by atoms with Crippen LogP contribution < -0.4 is 0 Å². The van der Waals surface area contributed by atoms with E-state index in [2.05, 4.69) is 0 Å². The van der Waals surface area contributed by atoms with E-state index in [1.54, 1.807) is 11.8 Å². The summed E-state index contributed by atoms with van der Waals surface area (Å²) in [4.78, 5) is 13.6. The lowest BCUT2D eigenvalue weighted by Crippen LogP contribution is -2.40. The van der Waals surface area contributed by atoms with Crippen molar-refractivity contribution in [3.8, 4) is 0 Å². The fraction of sp³-hybridized carbons (Fsp3) is 0.500. The molecule has 1 aliphatic rings. The minimum Gasteiger partial charge on any atom is -0.466 e. The number of ether oxygens (including phenoxy) is 1. The maximum atomic E-state index is 13.8. The summed E-state index contributed by atoms with van der Waals surface area (Å²) >= 11 is 0. The van der Waals surface area contributed by atoms with E-state index in [0.717, 1.165) is 12.1 Å². The van der Waals surface area contributed by atoms with Gasteiger partial charge in [-0.15, -0.1) is 0 Å². The van der Waals surface area contributed by atoms with Gasteiger partial charge in [-0.05, 0) is 80.6 Å². The molecule has 1 fully saturated rings. The van der Waals surface area contributed by atoms with Crippen LogP contribution in [0.5, 0.6) is 0 Å². The summed E-state index contributed by atoms with van der Waals surface area (Å²) in [5.41, 5.74) is -3.63. The molecule has 0 aromatic heterocycles. The van der Waals surface area contributed by atoms with Gasteiger partial charge in [0, 0.05) is 18.5 Å². The molecule has 210 valence electrons. The molecular weight excluding hydrogens is 529 g/mol. The van der Waals surface area contributed by atoms with Gasteiger partial charge in [-0.2, -0.15) is 39.5 Å². The van der Waals surface area contributed by atoms with E-state index >= 15 is 0 Å². The Bertz CT molecular complexity index is 1110. The molecule has 2 aromatic carbocycles. The summed E-state index contributed by atoms with van der Waals surface area (Å²) in [5, 5.41) is 0. The molecule has 3 nitrogen and oxygen atoms in total. The first kappa shape index (κ1) is 29.8. The third kappa shape index (κ3) is 7.00. The van der Waals surface area contributed by atoms with Gasteiger partial charge in [0.2, 0.25) is 0 Å². The van der Waals surface area contributed by atoms with Crippen LogP contribution in [0.1, 0.15) is 73.0 Å². The number of likely N-dealkylation sites (tertiary alicyclic amines) is 1. The largest absolute Gasteiger partial charge is 0.466 e. The summed E-state index contributed by atoms with van der Waals surface area (Å²) in [7, 11) is 0. The first-order valence-electron chi connectivity index (χ1n) is 11.9. The Morgan fingerprint density at radius 2 is 1.50 bits per heavy atom. The predicted molar refractivity (Wildman–Crippen MR) is 120 cm³/mol. The van der Waals surface area contributed by atoms with Crippen molar-refractivity contribution in [2.24, 2.45) is 5.92 Å². The van der Waals surface area contributed by atoms with Crippen LogP contribution in [0.3, 0.4) is 0 Å². The zero-order chi connectivity index (χ0) is 28.5. The van der Waals surface area contributed by atoms with E-state index < -0.39 is 58.8 Å². The van der Waals surface area contributed by atoms with Crippen LogP contribution in [0.2, 0.25) is 0 Å². The second kappa shape index (κ2) is 11.2. The first-order valence-corrected chi connectivity index (χ1v) is 11.9. The minimum absolute atomic E-state index is 0.00452. The van der Waals surface area contributed by atoms with Gasteiger partial charge in [0.25, 0.3) is 0 Å². The standard InChI is InChI=1S/C26H26F9NO2/c1-3-38-23(37)13-16-10-11-36(22(12-16)17-4-6-18(7-5-17)24(27,28)29)15(2)20-14-19(25(30,31)32)8-9-21(20)26(33,34)35/h4-9,14-16,22H,3,10-13H2,1-2H3/t15?,16-,22+/m1/s1. The van der Waals surface area contributed by atoms with Crippen LogP contribution in [0.25, 0.3) is 0 Å². The molecule has 1 unspecified atom stereocenters. The molecular formula is C26H26F9NO2. The monoisotopic (exact) mass is 555 g/mol. The summed E-state index contributed by atoms with van der Waals surface area (Å²) in [5.74, 6) is -0.768. The fourth-order valence-electron chi connectivity index (χ4n) is 4.90. The van der Waals surface area contributed by atoms with Crippen molar-refractivity contribution in [2.45, 2.75) is 63.7 Å². The van der Waals surface area contributed by atoms with Crippen LogP contribution >= 0.6 is 0 Å². The predicted octanol–water partition coefficient (Wildman–Crippen LogP) is 8.21. The van der Waals surface area contributed by atoms with E-state index in [-0.39, 0.29) is 31.9 Å². The molecule has 0 bridgehead atoms. The van der Waals surface area contributed by atoms with Crippen molar-refractivity contribution in [2.75, 3.05) is 13.2 Å². The van der Waals surface area contributed by atoms with Gasteiger partial charge in [0.15, 0.2) is 0 Å². The molecule has 12 heteroatoms. The molecule has 0 spiro atoms. The molecule has 3 rings (SSSR count). The topological polar surface area (TPSA) is 29.5 Å². The van der Waals surface area contributed by atoms with Crippen LogP contribution in [0, 0.1) is 5.92 Å². The minimum atomic E-state index is -4.93. The second-order valence-corrected chi connectivity index (χ2v) is 9.25. The molecule has 0 amide bonds. The van der Waals surface area contributed by atoms with Gasteiger partial charge >= 0.3 is 24.5 Å². The Morgan fingerprint density at radius 3 is 2.03 bits per heavy atom. The Hall–Kier alpha value is -2.76. The highest BCUT2D eigenvalue weighted by Crippen LogP contribution is 2.45. The molecule has 38 heavy (non-hydrogen) atoms. The fourth-order valence-corrected chi connectivity index (χ4v) is 4.90. The highest BCUT2D eigenvalue weighted by Gasteiger charge is 2.41. The number of nitrogens with zero attached hydrogens (tertiary/aromatic N) is 1. The Labute approximate surface area is 213 Å². The van der Waals surface area contributed by atoms with Crippen LogP contribution in [-0.2, 0) is 28.1 Å². The van der Waals surface area contributed by atoms with Crippen molar-refractivity contribution in [1.82, 2.24) is 4.90 Å². The maximum absolute atomic E-state index is 13.8. The first-order chi connectivity index (χ1) is 17.5. The number of benzene rings is 2. The Kier molecular flexibility index (Phi) is 8.74. The lowest BCUT2D eigenvalue weighted by molar-refractivity contribution is -0.145. The molecule has 0 N–H and O–H groups in total. The molecule has 0 saturated carbocycles. The molecule has 1 heterocycles. The van der Waals surface area contributed by atoms with Crippen LogP contribution in [0.4, 0.5) is 39.5 Å². The normalized spacial score (nSPS) is 20.3. The van der Waals surface area contributed by atoms with Crippen molar-refractivity contribution in [3.63, 3.8) is 0 Å². The summed E-state index contributed by atoms with van der Waals surface area (Å²) in [6.45, 7) is 3.21. The average molecular weight is 555 g/mol. The lowest BCUT2D eigenvalue weighted by atomic mass is 9.83. The number of hydrogen-bond acceptors (Lipinski definition) is 3. The average Bonchev–Trinajstić information content (AvgIpc) is 2.82. The molecule has 0 aliphatic carbocycles. The van der Waals surface area contributed by atoms with E-state index in [9.17, 15) is 44.3 Å². The number of alkyl halides is 9. The smallest absolute Gasteiger partial charge is 0.416 e. The third-order valence-electron chi connectivity index (χ3n) is 6.77. The Balaban J connectivity index is 2.04. The van der Waals surface area contributed by atoms with Crippen LogP contribution in [-0.4, -0.2) is 24.0 Å². The van der Waals surface area contributed by atoms with Gasteiger partial charge in [0.05, 0.1) is 23.3 Å². The number of rotatable bonds is 6. The zero-order valence-electron chi connectivity index (χ0n) is 20.5. The molecule has 0 radical (unpaired) electrons. The number of piperidine rings is 1. The van der Waals surface area contributed by atoms with Gasteiger partial charge in [-0.25, -0.2) is 0 Å². The molecule has 1 aliphatic heterocycles. The van der Waals surface area contributed by atoms with E-state index in [0.29, 0.717) is 30.2 Å². The van der Waals surface area contributed by atoms with Gasteiger partial charge in [0.1, 0.15) is 0 Å². The van der Waals surface area contributed by atoms with E-state index in [1.165, 1.54) is 19.1 Å². The lowest BCUT2D eigenvalue weighted by Gasteiger charge is -2.43. The van der Waals surface area contributed by atoms with Crippen molar-refractivity contribution >= 4 is 5.97 Å². The molecule has 3 atom stereocenters. The highest BCUT2D eigenvalue weighted by molar-refractivity contribution is 5.69. The quantitative estimate of drug-likeness (QED) is 0.266.